The molecule has 1 fully saturated rings. The summed E-state index contributed by atoms with van der Waals surface area (Å²) >= 11 is 0. The van der Waals surface area contributed by atoms with E-state index in [0.29, 0.717) is 24.8 Å². The number of carbonyl (C=O) groups is 1. The summed E-state index contributed by atoms with van der Waals surface area (Å²) < 4.78 is 3.98. The van der Waals surface area contributed by atoms with Gasteiger partial charge in [-0.2, -0.15) is 0 Å². The van der Waals surface area contributed by atoms with Gasteiger partial charge < -0.3 is 19.3 Å². The molecule has 3 rings (SSSR count). The van der Waals surface area contributed by atoms with Gasteiger partial charge in [-0.15, -0.1) is 0 Å². The Hall–Kier alpha value is -2.36. The first-order valence-electron chi connectivity index (χ1n) is 8.76. The first kappa shape index (κ1) is 18.4. The van der Waals surface area contributed by atoms with Crippen LogP contribution in [0.15, 0.2) is 72.1 Å². The lowest BCUT2D eigenvalue weighted by atomic mass is 10.3. The number of rotatable bonds is 6. The van der Waals surface area contributed by atoms with Crippen molar-refractivity contribution in [1.29, 1.82) is 0 Å². The summed E-state index contributed by atoms with van der Waals surface area (Å²) in [6.45, 7) is 3.25. The van der Waals surface area contributed by atoms with Crippen molar-refractivity contribution in [2.24, 2.45) is 0 Å². The van der Waals surface area contributed by atoms with Crippen molar-refractivity contribution in [2.75, 3.05) is 22.4 Å². The van der Waals surface area contributed by atoms with Gasteiger partial charge in [-0.3, -0.25) is 4.79 Å². The quantitative estimate of drug-likeness (QED) is 0.730. The second-order valence-electron chi connectivity index (χ2n) is 6.16. The van der Waals surface area contributed by atoms with Gasteiger partial charge in [-0.25, -0.2) is 0 Å². The number of carboxylic acids is 1. The fourth-order valence-corrected chi connectivity index (χ4v) is 6.68. The molecule has 6 heteroatoms. The highest BCUT2D eigenvalue weighted by molar-refractivity contribution is 7.77. The van der Waals surface area contributed by atoms with Gasteiger partial charge in [0.15, 0.2) is 7.79 Å². The molecule has 5 nitrogen and oxygen atoms in total. The van der Waals surface area contributed by atoms with E-state index in [-0.39, 0.29) is 6.42 Å². The maximum absolute atomic E-state index is 12.0. The fourth-order valence-electron chi connectivity index (χ4n) is 3.38. The van der Waals surface area contributed by atoms with Gasteiger partial charge in [-0.05, 0) is 30.7 Å². The third-order valence-electron chi connectivity index (χ3n) is 4.46. The monoisotopic (exact) mass is 371 g/mol. The van der Waals surface area contributed by atoms with E-state index in [2.05, 4.69) is 0 Å². The molecule has 1 saturated heterocycles. The van der Waals surface area contributed by atoms with Crippen LogP contribution in [-0.4, -0.2) is 29.1 Å². The van der Waals surface area contributed by atoms with Crippen molar-refractivity contribution in [1.82, 2.24) is 0 Å². The zero-order valence-corrected chi connectivity index (χ0v) is 15.7. The van der Waals surface area contributed by atoms with Gasteiger partial charge >= 0.3 is 5.97 Å². The molecule has 137 valence electrons. The Morgan fingerprint density at radius 2 is 1.46 bits per heavy atom. The number of benzene rings is 2. The lowest BCUT2D eigenvalue weighted by Crippen LogP contribution is -2.26. The Morgan fingerprint density at radius 3 is 1.85 bits per heavy atom. The SMILES string of the molecule is CCC=C(CC(=O)O)[P]1(O)N(c2ccccc2)CCN1c1ccccc1. The van der Waals surface area contributed by atoms with Crippen LogP contribution < -0.4 is 9.34 Å². The Labute approximate surface area is 154 Å². The molecule has 1 heterocycles. The number of para-hydroxylation sites is 2. The van der Waals surface area contributed by atoms with Crippen LogP contribution >= 0.6 is 7.79 Å². The molecule has 0 atom stereocenters. The number of hydrogen-bond acceptors (Lipinski definition) is 4. The predicted molar refractivity (Wildman–Crippen MR) is 107 cm³/mol. The molecule has 0 aliphatic carbocycles. The number of hydrogen-bond donors (Lipinski definition) is 2. The van der Waals surface area contributed by atoms with E-state index in [1.54, 1.807) is 0 Å². The van der Waals surface area contributed by atoms with Crippen LogP contribution in [0.4, 0.5) is 11.4 Å². The molecule has 1 aliphatic rings. The van der Waals surface area contributed by atoms with Crippen molar-refractivity contribution >= 4 is 25.1 Å². The average molecular weight is 371 g/mol. The minimum atomic E-state index is -3.02. The molecular weight excluding hydrogens is 347 g/mol. The highest BCUT2D eigenvalue weighted by atomic mass is 31.2. The summed E-state index contributed by atoms with van der Waals surface area (Å²) in [5.74, 6) is -0.925. The highest BCUT2D eigenvalue weighted by Gasteiger charge is 2.48. The smallest absolute Gasteiger partial charge is 0.308 e. The van der Waals surface area contributed by atoms with E-state index < -0.39 is 13.8 Å². The molecular formula is C20H24N2O3P. The average Bonchev–Trinajstić information content (AvgIpc) is 3.01. The molecule has 2 aromatic carbocycles. The van der Waals surface area contributed by atoms with E-state index in [1.807, 2.05) is 83.0 Å². The normalized spacial score (nSPS) is 16.8. The second kappa shape index (κ2) is 7.90. The van der Waals surface area contributed by atoms with Crippen LogP contribution in [0.3, 0.4) is 0 Å². The van der Waals surface area contributed by atoms with Crippen molar-refractivity contribution < 1.29 is 14.8 Å². The van der Waals surface area contributed by atoms with Gasteiger partial charge in [0.25, 0.3) is 0 Å². The molecule has 0 amide bonds. The van der Waals surface area contributed by atoms with Crippen LogP contribution in [0.1, 0.15) is 19.8 Å². The number of nitrogens with zero attached hydrogens (tertiary/aromatic N) is 2. The molecule has 2 aromatic rings. The molecule has 0 aromatic heterocycles. The van der Waals surface area contributed by atoms with Gasteiger partial charge in [0.2, 0.25) is 0 Å². The number of allylic oxidation sites excluding steroid dienone is 1. The van der Waals surface area contributed by atoms with E-state index in [0.717, 1.165) is 11.4 Å². The minimum Gasteiger partial charge on any atom is -0.481 e. The van der Waals surface area contributed by atoms with Gasteiger partial charge in [-0.1, -0.05) is 49.4 Å². The lowest BCUT2D eigenvalue weighted by Gasteiger charge is -2.43. The molecule has 1 radical (unpaired) electrons. The van der Waals surface area contributed by atoms with Crippen molar-refractivity contribution in [3.63, 3.8) is 0 Å². The summed E-state index contributed by atoms with van der Waals surface area (Å²) in [4.78, 5) is 23.5. The number of carboxylic acid groups (broad SMARTS) is 1. The van der Waals surface area contributed by atoms with E-state index >= 15 is 0 Å². The standard InChI is InChI=1S/C20H24N2O3P/c1-2-9-19(16-20(23)24)26(25)21(17-10-5-3-6-11-17)14-15-22(26)18-12-7-4-8-13-18/h3-13,25H,2,14-16H2,1H3,(H,23,24). The van der Waals surface area contributed by atoms with E-state index in [9.17, 15) is 14.8 Å². The fraction of sp³-hybridized carbons (Fsp3) is 0.250. The first-order valence-corrected chi connectivity index (χ1v) is 10.4. The zero-order valence-electron chi connectivity index (χ0n) is 14.8. The predicted octanol–water partition coefficient (Wildman–Crippen LogP) is 4.54. The Morgan fingerprint density at radius 1 is 1.00 bits per heavy atom. The van der Waals surface area contributed by atoms with Crippen LogP contribution in [0.5, 0.6) is 0 Å². The van der Waals surface area contributed by atoms with Crippen molar-refractivity contribution in [2.45, 2.75) is 19.8 Å². The third-order valence-corrected chi connectivity index (χ3v) is 7.78. The summed E-state index contributed by atoms with van der Waals surface area (Å²) in [5, 5.41) is 10.0. The maximum Gasteiger partial charge on any atom is 0.308 e. The van der Waals surface area contributed by atoms with Gasteiger partial charge in [0.05, 0.1) is 6.42 Å². The van der Waals surface area contributed by atoms with Gasteiger partial charge in [0, 0.05) is 29.8 Å². The van der Waals surface area contributed by atoms with Crippen LogP contribution in [0, 0.1) is 0 Å². The maximum atomic E-state index is 12.0. The second-order valence-corrected chi connectivity index (χ2v) is 8.84. The van der Waals surface area contributed by atoms with E-state index in [1.165, 1.54) is 0 Å². The lowest BCUT2D eigenvalue weighted by molar-refractivity contribution is -0.136. The molecule has 26 heavy (non-hydrogen) atoms. The largest absolute Gasteiger partial charge is 0.481 e. The zero-order chi connectivity index (χ0) is 18.6. The third kappa shape index (κ3) is 3.46. The molecule has 0 bridgehead atoms. The van der Waals surface area contributed by atoms with Crippen molar-refractivity contribution in [3.8, 4) is 0 Å². The first-order chi connectivity index (χ1) is 12.6. The number of anilines is 2. The molecule has 0 saturated carbocycles. The summed E-state index contributed by atoms with van der Waals surface area (Å²) in [5.41, 5.74) is 1.82. The van der Waals surface area contributed by atoms with Crippen molar-refractivity contribution in [3.05, 3.63) is 72.1 Å². The Kier molecular flexibility index (Phi) is 5.60. The summed E-state index contributed by atoms with van der Waals surface area (Å²) in [6.07, 6.45) is 2.39. The highest BCUT2D eigenvalue weighted by Crippen LogP contribution is 2.72. The Balaban J connectivity index is 2.12. The number of aliphatic carboxylic acids is 1. The van der Waals surface area contributed by atoms with Crippen LogP contribution in [-0.2, 0) is 4.79 Å². The summed E-state index contributed by atoms with van der Waals surface area (Å²) in [7, 11) is -3.02. The topological polar surface area (TPSA) is 64.0 Å². The van der Waals surface area contributed by atoms with Crippen LogP contribution in [0.2, 0.25) is 0 Å². The molecule has 2 N–H and O–H groups in total. The Bertz CT molecular complexity index is 733. The van der Waals surface area contributed by atoms with Gasteiger partial charge in [0.1, 0.15) is 0 Å². The molecule has 0 unspecified atom stereocenters. The summed E-state index contributed by atoms with van der Waals surface area (Å²) in [6, 6.07) is 19.5. The van der Waals surface area contributed by atoms with Crippen LogP contribution in [0.25, 0.3) is 0 Å². The van der Waals surface area contributed by atoms with E-state index in [4.69, 9.17) is 0 Å². The molecule has 1 aliphatic heterocycles. The molecule has 0 spiro atoms. The minimum absolute atomic E-state index is 0.162.